The minimum absolute atomic E-state index is 1.32. The lowest BCUT2D eigenvalue weighted by Crippen LogP contribution is -1.72. The summed E-state index contributed by atoms with van der Waals surface area (Å²) in [5.41, 5.74) is 0. The van der Waals surface area contributed by atoms with Crippen molar-refractivity contribution < 1.29 is 0 Å². The molecule has 0 bridgehead atoms. The van der Waals surface area contributed by atoms with E-state index in [2.05, 4.69) is 72.8 Å². The molecule has 0 fully saturated rings. The zero-order valence-corrected chi connectivity index (χ0v) is 12.6. The molecule has 94 valence electrons. The lowest BCUT2D eigenvalue weighted by Gasteiger charge is -2.04. The summed E-state index contributed by atoms with van der Waals surface area (Å²) in [4.78, 5) is 0. The predicted molar refractivity (Wildman–Crippen MR) is 91.9 cm³/mol. The molecule has 0 saturated carbocycles. The lowest BCUT2D eigenvalue weighted by atomic mass is 10.2. The van der Waals surface area contributed by atoms with Gasteiger partial charge < -0.3 is 0 Å². The first-order valence-electron chi connectivity index (χ1n) is 6.62. The fourth-order valence-electron chi connectivity index (χ4n) is 2.42. The molecule has 2 aromatic carbocycles. The SMILES string of the molecule is c1ccc2pc(-c3ccc4ccccc4p3)ccc2c1. The van der Waals surface area contributed by atoms with Gasteiger partial charge in [0.2, 0.25) is 0 Å². The van der Waals surface area contributed by atoms with Gasteiger partial charge in [-0.1, -0.05) is 64.9 Å². The van der Waals surface area contributed by atoms with Crippen LogP contribution in [-0.2, 0) is 0 Å². The van der Waals surface area contributed by atoms with Crippen LogP contribution >= 0.6 is 16.4 Å². The van der Waals surface area contributed by atoms with Crippen molar-refractivity contribution >= 4 is 37.4 Å². The van der Waals surface area contributed by atoms with Crippen molar-refractivity contribution in [2.24, 2.45) is 0 Å². The Morgan fingerprint density at radius 2 is 0.900 bits per heavy atom. The maximum absolute atomic E-state index is 2.27. The zero-order valence-electron chi connectivity index (χ0n) is 10.8. The number of hydrogen-bond donors (Lipinski definition) is 0. The molecule has 0 spiro atoms. The van der Waals surface area contributed by atoms with Crippen LogP contribution in [-0.4, -0.2) is 0 Å². The molecule has 0 amide bonds. The smallest absolute Gasteiger partial charge is 0.0142 e. The maximum atomic E-state index is 2.27. The summed E-state index contributed by atoms with van der Waals surface area (Å²) in [6.45, 7) is 0. The predicted octanol–water partition coefficient (Wildman–Crippen LogP) is 6.82. The van der Waals surface area contributed by atoms with Crippen LogP contribution in [0.3, 0.4) is 0 Å². The number of hydrogen-bond acceptors (Lipinski definition) is 0. The van der Waals surface area contributed by atoms with Crippen LogP contribution in [0.4, 0.5) is 0 Å². The molecule has 4 rings (SSSR count). The summed E-state index contributed by atoms with van der Waals surface area (Å²) in [6.07, 6.45) is 0. The average molecular weight is 290 g/mol. The van der Waals surface area contributed by atoms with E-state index in [0.29, 0.717) is 0 Å². The second-order valence-electron chi connectivity index (χ2n) is 4.78. The Bertz CT molecular complexity index is 836. The molecule has 0 N–H and O–H groups in total. The van der Waals surface area contributed by atoms with Gasteiger partial charge in [0.1, 0.15) is 0 Å². The Morgan fingerprint density at radius 1 is 0.450 bits per heavy atom. The molecule has 2 heterocycles. The molecule has 2 aromatic heterocycles. The van der Waals surface area contributed by atoms with E-state index >= 15 is 0 Å². The van der Waals surface area contributed by atoms with E-state index < -0.39 is 0 Å². The van der Waals surface area contributed by atoms with Crippen LogP contribution in [0.1, 0.15) is 0 Å². The molecule has 20 heavy (non-hydrogen) atoms. The molecule has 2 heteroatoms. The van der Waals surface area contributed by atoms with E-state index in [4.69, 9.17) is 0 Å². The van der Waals surface area contributed by atoms with Crippen molar-refractivity contribution in [3.63, 3.8) is 0 Å². The summed E-state index contributed by atoms with van der Waals surface area (Å²) >= 11 is 0. The number of rotatable bonds is 1. The summed E-state index contributed by atoms with van der Waals surface area (Å²) in [7, 11) is 2.64. The number of fused-ring (bicyclic) bond motifs is 2. The van der Waals surface area contributed by atoms with Crippen molar-refractivity contribution in [2.45, 2.75) is 0 Å². The van der Waals surface area contributed by atoms with Gasteiger partial charge in [-0.25, -0.2) is 0 Å². The molecule has 0 atom stereocenters. The number of benzene rings is 2. The van der Waals surface area contributed by atoms with Gasteiger partial charge in [0.05, 0.1) is 0 Å². The van der Waals surface area contributed by atoms with Gasteiger partial charge in [-0.2, -0.15) is 0 Å². The highest BCUT2D eigenvalue weighted by Gasteiger charge is 2.02. The minimum atomic E-state index is 1.32. The summed E-state index contributed by atoms with van der Waals surface area (Å²) in [5, 5.41) is 8.32. The third kappa shape index (κ3) is 2.12. The highest BCUT2D eigenvalue weighted by Crippen LogP contribution is 2.40. The third-order valence-electron chi connectivity index (χ3n) is 3.46. The van der Waals surface area contributed by atoms with Crippen LogP contribution in [0.25, 0.3) is 31.6 Å². The molecular weight excluding hydrogens is 278 g/mol. The highest BCUT2D eigenvalue weighted by molar-refractivity contribution is 7.45. The Kier molecular flexibility index (Phi) is 3.00. The van der Waals surface area contributed by atoms with Gasteiger partial charge in [0.25, 0.3) is 0 Å². The van der Waals surface area contributed by atoms with Crippen LogP contribution in [0.15, 0.2) is 72.8 Å². The van der Waals surface area contributed by atoms with E-state index in [1.165, 1.54) is 48.0 Å². The summed E-state index contributed by atoms with van der Waals surface area (Å²) in [5.74, 6) is 0. The van der Waals surface area contributed by atoms with E-state index in [-0.39, 0.29) is 0 Å². The van der Waals surface area contributed by atoms with Gasteiger partial charge in [0.15, 0.2) is 0 Å². The van der Waals surface area contributed by atoms with Crippen LogP contribution in [0, 0.1) is 0 Å². The molecule has 0 radical (unpaired) electrons. The van der Waals surface area contributed by atoms with Crippen LogP contribution < -0.4 is 0 Å². The highest BCUT2D eigenvalue weighted by atomic mass is 31.0. The van der Waals surface area contributed by atoms with Crippen molar-refractivity contribution in [1.29, 1.82) is 0 Å². The van der Waals surface area contributed by atoms with Crippen LogP contribution in [0.2, 0.25) is 0 Å². The average Bonchev–Trinajstić information content (AvgIpc) is 2.54. The first kappa shape index (κ1) is 12.0. The summed E-state index contributed by atoms with van der Waals surface area (Å²) in [6, 6.07) is 26.3. The molecule has 0 saturated heterocycles. The molecule has 4 aromatic rings. The van der Waals surface area contributed by atoms with E-state index in [1.54, 1.807) is 0 Å². The van der Waals surface area contributed by atoms with Crippen LogP contribution in [0.5, 0.6) is 0 Å². The molecule has 0 aliphatic heterocycles. The quantitative estimate of drug-likeness (QED) is 0.361. The zero-order chi connectivity index (χ0) is 13.4. The fraction of sp³-hybridized carbons (Fsp3) is 0. The van der Waals surface area contributed by atoms with Crippen molar-refractivity contribution in [1.82, 2.24) is 0 Å². The monoisotopic (exact) mass is 290 g/mol. The first-order valence-corrected chi connectivity index (χ1v) is 8.41. The molecule has 0 aliphatic carbocycles. The Morgan fingerprint density at radius 3 is 1.40 bits per heavy atom. The van der Waals surface area contributed by atoms with E-state index in [9.17, 15) is 0 Å². The van der Waals surface area contributed by atoms with E-state index in [1.807, 2.05) is 0 Å². The summed E-state index contributed by atoms with van der Waals surface area (Å²) < 4.78 is 0. The van der Waals surface area contributed by atoms with Gasteiger partial charge in [0, 0.05) is 20.8 Å². The standard InChI is InChI=1S/C18H12P2/c1-3-7-15-13(5-1)9-11-17(19-15)18-12-10-14-6-2-4-8-16(14)20-18/h1-12H. The largest absolute Gasteiger partial charge is 0.0616 e. The normalized spacial score (nSPS) is 11.8. The first-order chi connectivity index (χ1) is 9.90. The molecule has 0 unspecified atom stereocenters. The second-order valence-corrected chi connectivity index (χ2v) is 7.15. The minimum Gasteiger partial charge on any atom is -0.0616 e. The van der Waals surface area contributed by atoms with Gasteiger partial charge >= 0.3 is 0 Å². The second kappa shape index (κ2) is 4.98. The molecular formula is C18H12P2. The molecule has 0 aliphatic rings. The lowest BCUT2D eigenvalue weighted by molar-refractivity contribution is 1.80. The Labute approximate surface area is 121 Å². The Hall–Kier alpha value is -1.74. The Balaban J connectivity index is 1.91. The maximum Gasteiger partial charge on any atom is 0.0142 e. The molecule has 0 nitrogen and oxygen atoms in total. The van der Waals surface area contributed by atoms with Gasteiger partial charge in [-0.15, -0.1) is 0 Å². The third-order valence-corrected chi connectivity index (χ3v) is 6.19. The van der Waals surface area contributed by atoms with Gasteiger partial charge in [-0.05, 0) is 35.0 Å². The van der Waals surface area contributed by atoms with Crippen molar-refractivity contribution in [2.75, 3.05) is 0 Å². The van der Waals surface area contributed by atoms with E-state index in [0.717, 1.165) is 0 Å². The van der Waals surface area contributed by atoms with Crippen molar-refractivity contribution in [3.8, 4) is 10.6 Å². The van der Waals surface area contributed by atoms with Crippen molar-refractivity contribution in [3.05, 3.63) is 72.8 Å². The fourth-order valence-corrected chi connectivity index (χ4v) is 4.79. The van der Waals surface area contributed by atoms with Gasteiger partial charge in [-0.3, -0.25) is 0 Å². The topological polar surface area (TPSA) is 0 Å².